The maximum Gasteiger partial charge on any atom is 0.272 e. The van der Waals surface area contributed by atoms with Crippen LogP contribution in [-0.4, -0.2) is 25.2 Å². The first-order valence-electron chi connectivity index (χ1n) is 7.89. The van der Waals surface area contributed by atoms with Gasteiger partial charge in [0.1, 0.15) is 9.96 Å². The van der Waals surface area contributed by atoms with Gasteiger partial charge in [0, 0.05) is 10.6 Å². The van der Waals surface area contributed by atoms with Crippen LogP contribution in [0.2, 0.25) is 0 Å². The van der Waals surface area contributed by atoms with Gasteiger partial charge in [-0.05, 0) is 62.4 Å². The minimum absolute atomic E-state index is 0.160. The monoisotopic (exact) mass is 390 g/mol. The molecule has 0 saturated heterocycles. The maximum atomic E-state index is 12.3. The van der Waals surface area contributed by atoms with Crippen LogP contribution in [0.1, 0.15) is 11.8 Å². The molecule has 9 heteroatoms. The van der Waals surface area contributed by atoms with Crippen molar-refractivity contribution >= 4 is 38.7 Å². The number of rotatable bonds is 7. The minimum atomic E-state index is -3.64. The summed E-state index contributed by atoms with van der Waals surface area (Å²) in [5.41, 5.74) is 0.824. The summed E-state index contributed by atoms with van der Waals surface area (Å²) < 4.78 is 32.6. The Morgan fingerprint density at radius 1 is 1.00 bits per heavy atom. The van der Waals surface area contributed by atoms with E-state index in [1.54, 1.807) is 24.3 Å². The highest BCUT2D eigenvalue weighted by molar-refractivity contribution is 7.94. The molecular formula is C17H18N4O3S2. The Balaban J connectivity index is 1.66. The fourth-order valence-corrected chi connectivity index (χ4v) is 4.43. The van der Waals surface area contributed by atoms with Crippen molar-refractivity contribution in [1.29, 1.82) is 0 Å². The summed E-state index contributed by atoms with van der Waals surface area (Å²) >= 11 is 1.20. The van der Waals surface area contributed by atoms with Crippen LogP contribution in [-0.2, 0) is 10.0 Å². The summed E-state index contributed by atoms with van der Waals surface area (Å²) in [5.74, 6) is 1.45. The van der Waals surface area contributed by atoms with E-state index in [-0.39, 0.29) is 10.0 Å². The second kappa shape index (κ2) is 7.71. The smallest absolute Gasteiger partial charge is 0.272 e. The highest BCUT2D eigenvalue weighted by atomic mass is 32.2. The highest BCUT2D eigenvalue weighted by Gasteiger charge is 2.17. The number of benzene rings is 1. The SMILES string of the molecule is CCOc1ccc(Nc2ccc(NS(=O)(=O)c3ccc(C)s3)nn2)cc1. The van der Waals surface area contributed by atoms with Crippen LogP contribution in [0, 0.1) is 6.92 Å². The predicted octanol–water partition coefficient (Wildman–Crippen LogP) is 3.79. The van der Waals surface area contributed by atoms with Gasteiger partial charge < -0.3 is 10.1 Å². The second-order valence-corrected chi connectivity index (χ2v) is 8.55. The third-order valence-corrected chi connectivity index (χ3v) is 6.17. The van der Waals surface area contributed by atoms with Crippen LogP contribution in [0.3, 0.4) is 0 Å². The second-order valence-electron chi connectivity index (χ2n) is 5.36. The largest absolute Gasteiger partial charge is 0.494 e. The minimum Gasteiger partial charge on any atom is -0.494 e. The van der Waals surface area contributed by atoms with Gasteiger partial charge in [-0.2, -0.15) is 0 Å². The first-order valence-corrected chi connectivity index (χ1v) is 10.2. The molecule has 1 aromatic carbocycles. The molecule has 7 nitrogen and oxygen atoms in total. The molecule has 2 aromatic heterocycles. The number of nitrogens with one attached hydrogen (secondary N) is 2. The van der Waals surface area contributed by atoms with Crippen molar-refractivity contribution in [1.82, 2.24) is 10.2 Å². The standard InChI is InChI=1S/C17H18N4O3S2/c1-3-24-14-7-5-13(6-8-14)18-15-9-10-16(20-19-15)21-26(22,23)17-11-4-12(2)25-17/h4-11H,3H2,1-2H3,(H,18,19)(H,20,21). The number of aryl methyl sites for hydroxylation is 1. The number of hydrogen-bond donors (Lipinski definition) is 2. The van der Waals surface area contributed by atoms with Gasteiger partial charge >= 0.3 is 0 Å². The first kappa shape index (κ1) is 18.2. The van der Waals surface area contributed by atoms with Gasteiger partial charge in [0.05, 0.1) is 6.61 Å². The Hall–Kier alpha value is -2.65. The zero-order valence-corrected chi connectivity index (χ0v) is 15.9. The van der Waals surface area contributed by atoms with Gasteiger partial charge in [-0.15, -0.1) is 21.5 Å². The molecule has 0 aliphatic carbocycles. The number of sulfonamides is 1. The summed E-state index contributed by atoms with van der Waals surface area (Å²) in [4.78, 5) is 0.923. The third kappa shape index (κ3) is 4.50. The molecule has 0 unspecified atom stereocenters. The molecule has 2 heterocycles. The summed E-state index contributed by atoms with van der Waals surface area (Å²) in [7, 11) is -3.64. The van der Waals surface area contributed by atoms with Crippen molar-refractivity contribution in [2.24, 2.45) is 0 Å². The summed E-state index contributed by atoms with van der Waals surface area (Å²) in [6, 6.07) is 14.0. The van der Waals surface area contributed by atoms with Crippen LogP contribution < -0.4 is 14.8 Å². The molecule has 26 heavy (non-hydrogen) atoms. The molecule has 0 atom stereocenters. The molecule has 0 spiro atoms. The first-order chi connectivity index (χ1) is 12.5. The zero-order chi connectivity index (χ0) is 18.6. The van der Waals surface area contributed by atoms with Crippen LogP contribution >= 0.6 is 11.3 Å². The van der Waals surface area contributed by atoms with Gasteiger partial charge in [0.15, 0.2) is 11.6 Å². The van der Waals surface area contributed by atoms with Crippen molar-refractivity contribution in [3.63, 3.8) is 0 Å². The van der Waals surface area contributed by atoms with E-state index in [0.29, 0.717) is 12.4 Å². The Morgan fingerprint density at radius 2 is 1.69 bits per heavy atom. The van der Waals surface area contributed by atoms with E-state index in [2.05, 4.69) is 20.2 Å². The van der Waals surface area contributed by atoms with Crippen LogP contribution in [0.15, 0.2) is 52.7 Å². The van der Waals surface area contributed by atoms with E-state index in [4.69, 9.17) is 4.74 Å². The number of ether oxygens (including phenoxy) is 1. The van der Waals surface area contributed by atoms with Crippen LogP contribution in [0.4, 0.5) is 17.3 Å². The number of aromatic nitrogens is 2. The molecule has 3 aromatic rings. The molecule has 0 aliphatic heterocycles. The lowest BCUT2D eigenvalue weighted by Gasteiger charge is -2.08. The predicted molar refractivity (Wildman–Crippen MR) is 103 cm³/mol. The zero-order valence-electron chi connectivity index (χ0n) is 14.3. The lowest BCUT2D eigenvalue weighted by Crippen LogP contribution is -2.13. The molecule has 136 valence electrons. The lowest BCUT2D eigenvalue weighted by atomic mass is 10.3. The van der Waals surface area contributed by atoms with Crippen LogP contribution in [0.5, 0.6) is 5.75 Å². The van der Waals surface area contributed by atoms with E-state index < -0.39 is 10.0 Å². The average molecular weight is 390 g/mol. The Morgan fingerprint density at radius 3 is 2.27 bits per heavy atom. The third-order valence-electron chi connectivity index (χ3n) is 3.32. The fraction of sp³-hybridized carbons (Fsp3) is 0.176. The topological polar surface area (TPSA) is 93.2 Å². The summed E-state index contributed by atoms with van der Waals surface area (Å²) in [6.45, 7) is 4.39. The molecule has 0 bridgehead atoms. The maximum absolute atomic E-state index is 12.3. The average Bonchev–Trinajstić information content (AvgIpc) is 3.06. The molecule has 0 amide bonds. The lowest BCUT2D eigenvalue weighted by molar-refractivity contribution is 0.340. The Kier molecular flexibility index (Phi) is 5.38. The van der Waals surface area contributed by atoms with Crippen molar-refractivity contribution in [2.75, 3.05) is 16.6 Å². The van der Waals surface area contributed by atoms with Gasteiger partial charge in [-0.3, -0.25) is 4.72 Å². The van der Waals surface area contributed by atoms with Crippen molar-refractivity contribution < 1.29 is 13.2 Å². The van der Waals surface area contributed by atoms with Gasteiger partial charge in [-0.1, -0.05) is 0 Å². The van der Waals surface area contributed by atoms with Crippen molar-refractivity contribution in [3.8, 4) is 5.75 Å². The van der Waals surface area contributed by atoms with Gasteiger partial charge in [-0.25, -0.2) is 8.42 Å². The normalized spacial score (nSPS) is 11.2. The number of anilines is 3. The molecule has 0 fully saturated rings. The summed E-state index contributed by atoms with van der Waals surface area (Å²) in [6.07, 6.45) is 0. The van der Waals surface area contributed by atoms with E-state index in [1.165, 1.54) is 11.3 Å². The Bertz CT molecular complexity index is 968. The van der Waals surface area contributed by atoms with Gasteiger partial charge in [0.25, 0.3) is 10.0 Å². The molecular weight excluding hydrogens is 372 g/mol. The fourth-order valence-electron chi connectivity index (χ4n) is 2.15. The van der Waals surface area contributed by atoms with E-state index in [1.807, 2.05) is 38.1 Å². The number of nitrogens with zero attached hydrogens (tertiary/aromatic N) is 2. The van der Waals surface area contributed by atoms with Gasteiger partial charge in [0.2, 0.25) is 0 Å². The van der Waals surface area contributed by atoms with Crippen molar-refractivity contribution in [3.05, 3.63) is 53.4 Å². The van der Waals surface area contributed by atoms with E-state index in [9.17, 15) is 8.42 Å². The molecule has 0 radical (unpaired) electrons. The molecule has 0 saturated carbocycles. The molecule has 0 aliphatic rings. The van der Waals surface area contributed by atoms with E-state index in [0.717, 1.165) is 16.3 Å². The number of hydrogen-bond acceptors (Lipinski definition) is 7. The highest BCUT2D eigenvalue weighted by Crippen LogP contribution is 2.23. The summed E-state index contributed by atoms with van der Waals surface area (Å²) in [5, 5.41) is 11.0. The van der Waals surface area contributed by atoms with Crippen molar-refractivity contribution in [2.45, 2.75) is 18.1 Å². The van der Waals surface area contributed by atoms with E-state index >= 15 is 0 Å². The Labute approximate surface area is 156 Å². The molecule has 2 N–H and O–H groups in total. The molecule has 3 rings (SSSR count). The number of thiophene rings is 1. The quantitative estimate of drug-likeness (QED) is 0.637. The van der Waals surface area contributed by atoms with Crippen LogP contribution in [0.25, 0.3) is 0 Å².